The fourth-order valence-corrected chi connectivity index (χ4v) is 7.98. The van der Waals surface area contributed by atoms with Crippen LogP contribution in [0.1, 0.15) is 53.6 Å². The molecule has 4 fully saturated rings. The van der Waals surface area contributed by atoms with Crippen LogP contribution in [0.25, 0.3) is 6.08 Å². The van der Waals surface area contributed by atoms with Crippen LogP contribution in [0, 0.1) is 11.8 Å². The number of benzene rings is 2. The quantitative estimate of drug-likeness (QED) is 0.130. The van der Waals surface area contributed by atoms with Crippen molar-refractivity contribution in [3.8, 4) is 0 Å². The fourth-order valence-electron chi connectivity index (χ4n) is 7.98. The van der Waals surface area contributed by atoms with Gasteiger partial charge in [0, 0.05) is 43.8 Å². The van der Waals surface area contributed by atoms with E-state index in [9.17, 15) is 39.9 Å². The number of ether oxygens (including phenoxy) is 5. The van der Waals surface area contributed by atoms with Gasteiger partial charge in [0.15, 0.2) is 12.1 Å². The second-order valence-corrected chi connectivity index (χ2v) is 15.5. The Hall–Kier alpha value is -4.03. The fraction of sp³-hybridized carbons (Fsp3) is 0.548. The van der Waals surface area contributed by atoms with Crippen molar-refractivity contribution in [2.24, 2.45) is 11.8 Å². The molecule has 2 heterocycles. The second kappa shape index (κ2) is 17.9. The van der Waals surface area contributed by atoms with Crippen LogP contribution in [0.3, 0.4) is 0 Å². The third-order valence-electron chi connectivity index (χ3n) is 11.4. The van der Waals surface area contributed by atoms with Crippen LogP contribution in [0.5, 0.6) is 0 Å². The number of aliphatic hydroxyl groups is 5. The number of aliphatic hydroxyl groups excluding tert-OH is 5. The van der Waals surface area contributed by atoms with Crippen molar-refractivity contribution in [1.29, 1.82) is 0 Å². The molecule has 3 aliphatic carbocycles. The molecule has 9 atom stereocenters. The molecule has 2 aromatic rings. The van der Waals surface area contributed by atoms with Crippen LogP contribution in [-0.2, 0) is 39.7 Å². The summed E-state index contributed by atoms with van der Waals surface area (Å²) >= 11 is 0. The first-order valence-corrected chi connectivity index (χ1v) is 19.7. The number of amides is 2. The Morgan fingerprint density at radius 1 is 0.965 bits per heavy atom. The lowest BCUT2D eigenvalue weighted by Crippen LogP contribution is -2.59. The summed E-state index contributed by atoms with van der Waals surface area (Å²) in [5.74, 6) is -1.80. The number of nitrogens with one attached hydrogen (secondary N) is 1. The summed E-state index contributed by atoms with van der Waals surface area (Å²) in [4.78, 5) is 42.9. The number of esters is 1. The Labute approximate surface area is 330 Å². The van der Waals surface area contributed by atoms with Gasteiger partial charge in [-0.2, -0.15) is 0 Å². The summed E-state index contributed by atoms with van der Waals surface area (Å²) < 4.78 is 30.6. The van der Waals surface area contributed by atoms with E-state index in [4.69, 9.17) is 23.7 Å². The average Bonchev–Trinajstić information content (AvgIpc) is 4.18. The molecule has 5 aliphatic rings. The molecule has 0 bridgehead atoms. The molecule has 0 spiro atoms. The van der Waals surface area contributed by atoms with E-state index in [0.29, 0.717) is 11.1 Å². The van der Waals surface area contributed by atoms with Gasteiger partial charge in [-0.15, -0.1) is 0 Å². The second-order valence-electron chi connectivity index (χ2n) is 15.5. The summed E-state index contributed by atoms with van der Waals surface area (Å²) in [6.45, 7) is -0.837. The van der Waals surface area contributed by atoms with E-state index >= 15 is 0 Å². The molecule has 15 nitrogen and oxygen atoms in total. The molecule has 9 unspecified atom stereocenters. The zero-order valence-corrected chi connectivity index (χ0v) is 31.8. The lowest BCUT2D eigenvalue weighted by Gasteiger charge is -2.39. The first-order chi connectivity index (χ1) is 27.5. The van der Waals surface area contributed by atoms with Crippen molar-refractivity contribution in [3.63, 3.8) is 0 Å². The van der Waals surface area contributed by atoms with Crippen LogP contribution in [0.2, 0.25) is 0 Å². The number of carbonyl (C=O) groups excluding carboxylic acids is 3. The van der Waals surface area contributed by atoms with E-state index in [1.165, 1.54) is 4.90 Å². The predicted molar refractivity (Wildman–Crippen MR) is 202 cm³/mol. The summed E-state index contributed by atoms with van der Waals surface area (Å²) in [7, 11) is 1.57. The molecule has 2 amide bonds. The molecule has 7 rings (SSSR count). The van der Waals surface area contributed by atoms with E-state index in [0.717, 1.165) is 31.2 Å². The first-order valence-electron chi connectivity index (χ1n) is 19.7. The molecule has 15 heteroatoms. The molecule has 2 aromatic carbocycles. The van der Waals surface area contributed by atoms with E-state index < -0.39 is 85.2 Å². The Bertz CT molecular complexity index is 1780. The van der Waals surface area contributed by atoms with Crippen LogP contribution in [0.15, 0.2) is 72.3 Å². The number of nitrogens with zero attached hydrogens (tertiary/aromatic N) is 1. The molecule has 0 aromatic heterocycles. The third kappa shape index (κ3) is 9.17. The van der Waals surface area contributed by atoms with Crippen LogP contribution >= 0.6 is 0 Å². The van der Waals surface area contributed by atoms with Gasteiger partial charge < -0.3 is 59.4 Å². The number of likely N-dealkylation sites (N-methyl/N-ethyl adjacent to an activating group) is 1. The Kier molecular flexibility index (Phi) is 12.9. The lowest BCUT2D eigenvalue weighted by atomic mass is 9.90. The predicted octanol–water partition coefficient (Wildman–Crippen LogP) is 0.850. The van der Waals surface area contributed by atoms with Crippen molar-refractivity contribution < 1.29 is 63.6 Å². The van der Waals surface area contributed by atoms with Crippen LogP contribution in [-0.4, -0.2) is 142 Å². The molecule has 6 N–H and O–H groups in total. The number of fused-ring (bicyclic) bond motifs is 1. The van der Waals surface area contributed by atoms with Crippen molar-refractivity contribution in [3.05, 3.63) is 89.0 Å². The lowest BCUT2D eigenvalue weighted by molar-refractivity contribution is -0.298. The van der Waals surface area contributed by atoms with E-state index in [-0.39, 0.29) is 50.0 Å². The third-order valence-corrected chi connectivity index (χ3v) is 11.4. The molecule has 0 radical (unpaired) electrons. The molecular formula is C42H52N2O13. The minimum absolute atomic E-state index is 0.0378. The van der Waals surface area contributed by atoms with E-state index in [1.807, 2.05) is 30.3 Å². The van der Waals surface area contributed by atoms with E-state index in [2.05, 4.69) is 5.32 Å². The Morgan fingerprint density at radius 3 is 2.39 bits per heavy atom. The monoisotopic (exact) mass is 792 g/mol. The van der Waals surface area contributed by atoms with Crippen LogP contribution < -0.4 is 5.32 Å². The van der Waals surface area contributed by atoms with Gasteiger partial charge in [-0.3, -0.25) is 9.59 Å². The van der Waals surface area contributed by atoms with Gasteiger partial charge in [0.25, 0.3) is 0 Å². The normalized spacial score (nSPS) is 30.0. The molecular weight excluding hydrogens is 740 g/mol. The molecule has 57 heavy (non-hydrogen) atoms. The molecule has 2 aliphatic heterocycles. The molecule has 308 valence electrons. The van der Waals surface area contributed by atoms with Gasteiger partial charge in [0.1, 0.15) is 48.8 Å². The van der Waals surface area contributed by atoms with Crippen molar-refractivity contribution >= 4 is 23.9 Å². The minimum atomic E-state index is -1.56. The maximum Gasteiger partial charge on any atom is 0.338 e. The minimum Gasteiger partial charge on any atom is -0.456 e. The highest BCUT2D eigenvalue weighted by Crippen LogP contribution is 2.59. The van der Waals surface area contributed by atoms with E-state index in [1.54, 1.807) is 49.5 Å². The zero-order chi connectivity index (χ0) is 40.3. The SMILES string of the molecule is CN(C(=O)C1=CC2OC(C3CC3)(C3CC3)OC2C(OC(=O)c2cccc(C=CCOC3OC(CO)C(O)C(O)C3O)c2)C1)C(Cc1ccccc1)C(=O)NCCO. The van der Waals surface area contributed by atoms with Gasteiger partial charge in [0.05, 0.1) is 25.4 Å². The first kappa shape index (κ1) is 41.1. The largest absolute Gasteiger partial charge is 0.456 e. The van der Waals surface area contributed by atoms with Gasteiger partial charge in [-0.1, -0.05) is 54.6 Å². The highest BCUT2D eigenvalue weighted by atomic mass is 16.8. The van der Waals surface area contributed by atoms with Crippen LogP contribution in [0.4, 0.5) is 0 Å². The number of hydrogen-bond donors (Lipinski definition) is 6. The summed E-state index contributed by atoms with van der Waals surface area (Å²) in [6, 6.07) is 15.2. The van der Waals surface area contributed by atoms with Gasteiger partial charge in [-0.25, -0.2) is 4.79 Å². The Morgan fingerprint density at radius 2 is 1.70 bits per heavy atom. The molecule has 2 saturated carbocycles. The summed E-state index contributed by atoms with van der Waals surface area (Å²) in [5, 5.41) is 51.8. The number of hydrogen-bond acceptors (Lipinski definition) is 13. The Balaban J connectivity index is 1.06. The zero-order valence-electron chi connectivity index (χ0n) is 31.8. The highest BCUT2D eigenvalue weighted by Gasteiger charge is 2.64. The topological polar surface area (TPSA) is 214 Å². The smallest absolute Gasteiger partial charge is 0.338 e. The summed E-state index contributed by atoms with van der Waals surface area (Å²) in [5.41, 5.74) is 2.08. The van der Waals surface area contributed by atoms with Crippen molar-refractivity contribution in [1.82, 2.24) is 10.2 Å². The average molecular weight is 793 g/mol. The maximum absolute atomic E-state index is 14.3. The number of carbonyl (C=O) groups is 3. The van der Waals surface area contributed by atoms with Gasteiger partial charge >= 0.3 is 5.97 Å². The summed E-state index contributed by atoms with van der Waals surface area (Å²) in [6.07, 6.45) is 0.0977. The van der Waals surface area contributed by atoms with Gasteiger partial charge in [-0.05, 0) is 55.0 Å². The maximum atomic E-state index is 14.3. The van der Waals surface area contributed by atoms with Gasteiger partial charge in [0.2, 0.25) is 11.8 Å². The number of rotatable bonds is 16. The van der Waals surface area contributed by atoms with Crippen molar-refractivity contribution in [2.45, 2.75) is 99.4 Å². The standard InChI is InChI=1S/C42H52N2O13/c1-44(30(38(50)43-16-17-45)20-25-7-3-2-4-8-25)39(51)27-21-31(37-32(22-27)56-42(57-37,28-12-13-28)29-14-15-29)54-40(52)26-11-5-9-24(19-26)10-6-18-53-41-36(49)35(48)34(47)33(23-46)55-41/h2-11,19,22,28-37,41,45-49H,12-18,20-21,23H2,1H3,(H,43,50). The highest BCUT2D eigenvalue weighted by molar-refractivity contribution is 5.97. The molecule has 2 saturated heterocycles. The van der Waals surface area contributed by atoms with Crippen molar-refractivity contribution in [2.75, 3.05) is 33.4 Å².